The van der Waals surface area contributed by atoms with Crippen molar-refractivity contribution >= 4 is 5.91 Å². The van der Waals surface area contributed by atoms with Crippen LogP contribution in [-0.2, 0) is 11.2 Å². The molecule has 0 spiro atoms. The van der Waals surface area contributed by atoms with Crippen molar-refractivity contribution in [3.63, 3.8) is 0 Å². The van der Waals surface area contributed by atoms with Crippen LogP contribution >= 0.6 is 0 Å². The molecule has 0 saturated carbocycles. The number of carbonyl (C=O) groups is 1. The molecule has 0 saturated heterocycles. The second-order valence-corrected chi connectivity index (χ2v) is 7.42. The minimum Gasteiger partial charge on any atom is -0.497 e. The van der Waals surface area contributed by atoms with Crippen LogP contribution in [0.5, 0.6) is 5.75 Å². The highest BCUT2D eigenvalue weighted by Crippen LogP contribution is 2.26. The van der Waals surface area contributed by atoms with Crippen LogP contribution in [0.25, 0.3) is 11.1 Å². The van der Waals surface area contributed by atoms with Gasteiger partial charge in [0, 0.05) is 0 Å². The van der Waals surface area contributed by atoms with Gasteiger partial charge in [0.05, 0.1) is 19.6 Å². The van der Waals surface area contributed by atoms with Crippen molar-refractivity contribution in [1.82, 2.24) is 5.32 Å². The standard InChI is InChI=1S/C28H25NO2/c1-31-26-18-12-21(13-19-26)20-27(30)29-28(24-10-6-3-7-11-24)25-16-14-23(15-17-25)22-8-4-2-5-9-22/h2-19,28H,20H2,1H3,(H,29,30). The van der Waals surface area contributed by atoms with Crippen LogP contribution in [0.2, 0.25) is 0 Å². The Bertz CT molecular complexity index is 1110. The molecule has 3 heteroatoms. The largest absolute Gasteiger partial charge is 0.497 e. The lowest BCUT2D eigenvalue weighted by Crippen LogP contribution is -2.30. The van der Waals surface area contributed by atoms with Crippen LogP contribution in [-0.4, -0.2) is 13.0 Å². The van der Waals surface area contributed by atoms with Crippen molar-refractivity contribution in [2.75, 3.05) is 7.11 Å². The highest BCUT2D eigenvalue weighted by molar-refractivity contribution is 5.79. The van der Waals surface area contributed by atoms with Crippen LogP contribution in [0.15, 0.2) is 109 Å². The van der Waals surface area contributed by atoms with Crippen molar-refractivity contribution in [2.45, 2.75) is 12.5 Å². The summed E-state index contributed by atoms with van der Waals surface area (Å²) in [6.07, 6.45) is 0.315. The fraction of sp³-hybridized carbons (Fsp3) is 0.107. The molecule has 4 aromatic rings. The molecule has 0 bridgehead atoms. The summed E-state index contributed by atoms with van der Waals surface area (Å²) < 4.78 is 5.20. The first-order chi connectivity index (χ1) is 15.2. The van der Waals surface area contributed by atoms with Crippen LogP contribution in [0, 0.1) is 0 Å². The molecule has 0 aliphatic carbocycles. The van der Waals surface area contributed by atoms with Gasteiger partial charge in [-0.1, -0.05) is 97.1 Å². The van der Waals surface area contributed by atoms with E-state index in [0.29, 0.717) is 6.42 Å². The Morgan fingerprint density at radius 3 is 1.87 bits per heavy atom. The highest BCUT2D eigenvalue weighted by atomic mass is 16.5. The van der Waals surface area contributed by atoms with E-state index in [1.165, 1.54) is 5.56 Å². The van der Waals surface area contributed by atoms with Gasteiger partial charge in [-0.25, -0.2) is 0 Å². The molecule has 0 fully saturated rings. The molecule has 0 aliphatic rings. The Kier molecular flexibility index (Phi) is 6.44. The van der Waals surface area contributed by atoms with E-state index in [0.717, 1.165) is 28.0 Å². The van der Waals surface area contributed by atoms with E-state index in [4.69, 9.17) is 4.74 Å². The van der Waals surface area contributed by atoms with Crippen LogP contribution in [0.4, 0.5) is 0 Å². The SMILES string of the molecule is COc1ccc(CC(=O)NC(c2ccccc2)c2ccc(-c3ccccc3)cc2)cc1. The van der Waals surface area contributed by atoms with Gasteiger partial charge in [-0.2, -0.15) is 0 Å². The van der Waals surface area contributed by atoms with Crippen molar-refractivity contribution in [2.24, 2.45) is 0 Å². The van der Waals surface area contributed by atoms with Gasteiger partial charge in [-0.3, -0.25) is 4.79 Å². The maximum absolute atomic E-state index is 12.9. The third kappa shape index (κ3) is 5.20. The molecule has 1 atom stereocenters. The lowest BCUT2D eigenvalue weighted by Gasteiger charge is -2.20. The summed E-state index contributed by atoms with van der Waals surface area (Å²) in [6, 6.07) is 36.1. The zero-order chi connectivity index (χ0) is 21.5. The Labute approximate surface area is 183 Å². The number of methoxy groups -OCH3 is 1. The summed E-state index contributed by atoms with van der Waals surface area (Å²) >= 11 is 0. The van der Waals surface area contributed by atoms with E-state index in [2.05, 4.69) is 41.7 Å². The third-order valence-electron chi connectivity index (χ3n) is 5.31. The number of benzene rings is 4. The highest BCUT2D eigenvalue weighted by Gasteiger charge is 2.17. The maximum atomic E-state index is 12.9. The minimum atomic E-state index is -0.211. The zero-order valence-electron chi connectivity index (χ0n) is 17.5. The van der Waals surface area contributed by atoms with Gasteiger partial charge < -0.3 is 10.1 Å². The van der Waals surface area contributed by atoms with Crippen molar-refractivity contribution < 1.29 is 9.53 Å². The number of hydrogen-bond acceptors (Lipinski definition) is 2. The smallest absolute Gasteiger partial charge is 0.225 e. The molecule has 0 heterocycles. The number of carbonyl (C=O) groups excluding carboxylic acids is 1. The Morgan fingerprint density at radius 1 is 0.710 bits per heavy atom. The molecule has 1 unspecified atom stereocenters. The molecule has 0 radical (unpaired) electrons. The van der Waals surface area contributed by atoms with Crippen LogP contribution in [0.3, 0.4) is 0 Å². The van der Waals surface area contributed by atoms with Gasteiger partial charge in [0.1, 0.15) is 5.75 Å². The van der Waals surface area contributed by atoms with Crippen molar-refractivity contribution in [1.29, 1.82) is 0 Å². The van der Waals surface area contributed by atoms with Gasteiger partial charge in [0.2, 0.25) is 5.91 Å². The summed E-state index contributed by atoms with van der Waals surface area (Å²) in [7, 11) is 1.63. The summed E-state index contributed by atoms with van der Waals surface area (Å²) in [5.41, 5.74) is 5.38. The average molecular weight is 408 g/mol. The molecular formula is C28H25NO2. The number of amides is 1. The molecule has 0 aliphatic heterocycles. The predicted molar refractivity (Wildman–Crippen MR) is 125 cm³/mol. The molecule has 1 amide bonds. The molecule has 31 heavy (non-hydrogen) atoms. The topological polar surface area (TPSA) is 38.3 Å². The molecule has 154 valence electrons. The molecule has 0 aromatic heterocycles. The van der Waals surface area contributed by atoms with E-state index >= 15 is 0 Å². The van der Waals surface area contributed by atoms with Crippen LogP contribution in [0.1, 0.15) is 22.7 Å². The van der Waals surface area contributed by atoms with Gasteiger partial charge >= 0.3 is 0 Å². The Morgan fingerprint density at radius 2 is 1.26 bits per heavy atom. The first kappa shape index (κ1) is 20.4. The van der Waals surface area contributed by atoms with E-state index in [-0.39, 0.29) is 11.9 Å². The second-order valence-electron chi connectivity index (χ2n) is 7.42. The fourth-order valence-electron chi connectivity index (χ4n) is 3.64. The van der Waals surface area contributed by atoms with Crippen molar-refractivity contribution in [3.05, 3.63) is 126 Å². The number of hydrogen-bond donors (Lipinski definition) is 1. The second kappa shape index (κ2) is 9.77. The van der Waals surface area contributed by atoms with Crippen LogP contribution < -0.4 is 10.1 Å². The van der Waals surface area contributed by atoms with E-state index in [1.807, 2.05) is 72.8 Å². The fourth-order valence-corrected chi connectivity index (χ4v) is 3.64. The van der Waals surface area contributed by atoms with Crippen molar-refractivity contribution in [3.8, 4) is 16.9 Å². The lowest BCUT2D eigenvalue weighted by atomic mass is 9.96. The first-order valence-corrected chi connectivity index (χ1v) is 10.4. The Balaban J connectivity index is 1.55. The Hall–Kier alpha value is -3.85. The number of ether oxygens (including phenoxy) is 1. The summed E-state index contributed by atoms with van der Waals surface area (Å²) in [5, 5.41) is 3.22. The summed E-state index contributed by atoms with van der Waals surface area (Å²) in [5.74, 6) is 0.760. The van der Waals surface area contributed by atoms with Gasteiger partial charge in [0.15, 0.2) is 0 Å². The molecular weight excluding hydrogens is 382 g/mol. The van der Waals surface area contributed by atoms with E-state index in [9.17, 15) is 4.79 Å². The number of rotatable bonds is 7. The quantitative estimate of drug-likeness (QED) is 0.420. The molecule has 4 aromatic carbocycles. The maximum Gasteiger partial charge on any atom is 0.225 e. The molecule has 1 N–H and O–H groups in total. The minimum absolute atomic E-state index is 0.0221. The summed E-state index contributed by atoms with van der Waals surface area (Å²) in [6.45, 7) is 0. The molecule has 3 nitrogen and oxygen atoms in total. The third-order valence-corrected chi connectivity index (χ3v) is 5.31. The first-order valence-electron chi connectivity index (χ1n) is 10.4. The predicted octanol–water partition coefficient (Wildman–Crippen LogP) is 5.81. The van der Waals surface area contributed by atoms with E-state index in [1.54, 1.807) is 7.11 Å². The number of nitrogens with one attached hydrogen (secondary N) is 1. The van der Waals surface area contributed by atoms with E-state index < -0.39 is 0 Å². The summed E-state index contributed by atoms with van der Waals surface area (Å²) in [4.78, 5) is 12.9. The normalized spacial score (nSPS) is 11.5. The average Bonchev–Trinajstić information content (AvgIpc) is 2.84. The zero-order valence-corrected chi connectivity index (χ0v) is 17.5. The van der Waals surface area contributed by atoms with Gasteiger partial charge in [0.25, 0.3) is 0 Å². The van der Waals surface area contributed by atoms with Gasteiger partial charge in [-0.05, 0) is 39.9 Å². The monoisotopic (exact) mass is 407 g/mol. The van der Waals surface area contributed by atoms with Gasteiger partial charge in [-0.15, -0.1) is 0 Å². The lowest BCUT2D eigenvalue weighted by molar-refractivity contribution is -0.120. The molecule has 4 rings (SSSR count).